The van der Waals surface area contributed by atoms with Crippen LogP contribution in [0.4, 0.5) is 0 Å². The summed E-state index contributed by atoms with van der Waals surface area (Å²) in [7, 11) is 0. The Balaban J connectivity index is 2.26. The molecular weight excluding hydrogens is 198 g/mol. The van der Waals surface area contributed by atoms with Crippen molar-refractivity contribution < 1.29 is 4.84 Å². The van der Waals surface area contributed by atoms with Crippen LogP contribution in [0, 0.1) is 0 Å². The summed E-state index contributed by atoms with van der Waals surface area (Å²) in [5.74, 6) is 1.42. The smallest absolute Gasteiger partial charge is 0.125 e. The number of hydrogen-bond donors (Lipinski definition) is 0. The molecule has 1 aliphatic rings. The maximum Gasteiger partial charge on any atom is 0.125 e. The number of hydroxylamine groups is 2. The third-order valence-corrected chi connectivity index (χ3v) is 2.20. The van der Waals surface area contributed by atoms with Crippen molar-refractivity contribution >= 4 is 11.6 Å². The summed E-state index contributed by atoms with van der Waals surface area (Å²) in [5.41, 5.74) is 1.26. The minimum Gasteiger partial charge on any atom is -0.385 e. The number of rotatable bonds is 5. The molecule has 0 aromatic rings. The van der Waals surface area contributed by atoms with Gasteiger partial charge >= 0.3 is 0 Å². The van der Waals surface area contributed by atoms with E-state index in [4.69, 9.17) is 16.4 Å². The van der Waals surface area contributed by atoms with Gasteiger partial charge < -0.3 is 4.84 Å². The van der Waals surface area contributed by atoms with E-state index in [0.29, 0.717) is 5.88 Å². The minimum absolute atomic E-state index is 0.650. The number of nitrogens with zero attached hydrogens (tertiary/aromatic N) is 1. The first-order chi connectivity index (χ1) is 6.72. The largest absolute Gasteiger partial charge is 0.385 e. The second-order valence-electron chi connectivity index (χ2n) is 3.29. The van der Waals surface area contributed by atoms with E-state index in [1.165, 1.54) is 5.57 Å². The van der Waals surface area contributed by atoms with Crippen molar-refractivity contribution in [2.45, 2.75) is 19.8 Å². The van der Waals surface area contributed by atoms with Crippen LogP contribution in [0.15, 0.2) is 36.3 Å². The van der Waals surface area contributed by atoms with Crippen LogP contribution in [0.25, 0.3) is 0 Å². The van der Waals surface area contributed by atoms with Crippen molar-refractivity contribution in [2.75, 3.05) is 12.4 Å². The Morgan fingerprint density at radius 2 is 2.50 bits per heavy atom. The fourth-order valence-electron chi connectivity index (χ4n) is 1.11. The zero-order valence-electron chi connectivity index (χ0n) is 8.50. The summed E-state index contributed by atoms with van der Waals surface area (Å²) in [4.78, 5) is 5.49. The van der Waals surface area contributed by atoms with E-state index in [1.54, 1.807) is 5.06 Å². The van der Waals surface area contributed by atoms with E-state index in [1.807, 2.05) is 12.3 Å². The SMILES string of the molecule is C=C(CCCCl)ON1C=CC(C)=CC1. The molecule has 0 saturated heterocycles. The van der Waals surface area contributed by atoms with Crippen LogP contribution in [0.1, 0.15) is 19.8 Å². The lowest BCUT2D eigenvalue weighted by atomic mass is 10.2. The number of allylic oxidation sites excluding steroid dienone is 3. The van der Waals surface area contributed by atoms with Crippen LogP contribution >= 0.6 is 11.6 Å². The maximum atomic E-state index is 5.57. The molecule has 0 fully saturated rings. The fourth-order valence-corrected chi connectivity index (χ4v) is 1.24. The highest BCUT2D eigenvalue weighted by atomic mass is 35.5. The summed E-state index contributed by atoms with van der Waals surface area (Å²) >= 11 is 5.57. The van der Waals surface area contributed by atoms with Gasteiger partial charge in [-0.2, -0.15) is 0 Å². The fraction of sp³-hybridized carbons (Fsp3) is 0.455. The quantitative estimate of drug-likeness (QED) is 0.514. The van der Waals surface area contributed by atoms with Crippen molar-refractivity contribution in [1.29, 1.82) is 0 Å². The van der Waals surface area contributed by atoms with E-state index in [9.17, 15) is 0 Å². The Kier molecular flexibility index (Phi) is 4.60. The molecule has 1 heterocycles. The molecule has 0 atom stereocenters. The number of halogens is 1. The van der Waals surface area contributed by atoms with Gasteiger partial charge in [0.05, 0.1) is 6.54 Å². The molecule has 0 saturated carbocycles. The van der Waals surface area contributed by atoms with E-state index in [0.717, 1.165) is 25.1 Å². The second-order valence-corrected chi connectivity index (χ2v) is 3.66. The normalized spacial score (nSPS) is 15.3. The molecule has 3 heteroatoms. The molecule has 1 rings (SSSR count). The lowest BCUT2D eigenvalue weighted by Gasteiger charge is -2.22. The van der Waals surface area contributed by atoms with Gasteiger partial charge in [-0.1, -0.05) is 18.2 Å². The molecule has 2 nitrogen and oxygen atoms in total. The van der Waals surface area contributed by atoms with Crippen molar-refractivity contribution in [3.63, 3.8) is 0 Å². The molecule has 1 aliphatic heterocycles. The average molecular weight is 214 g/mol. The van der Waals surface area contributed by atoms with Gasteiger partial charge in [0, 0.05) is 18.5 Å². The lowest BCUT2D eigenvalue weighted by Crippen LogP contribution is -2.19. The Hall–Kier alpha value is -0.890. The molecule has 0 radical (unpaired) electrons. The van der Waals surface area contributed by atoms with Crippen molar-refractivity contribution in [3.8, 4) is 0 Å². The third kappa shape index (κ3) is 3.88. The van der Waals surface area contributed by atoms with Crippen LogP contribution in [0.2, 0.25) is 0 Å². The van der Waals surface area contributed by atoms with Gasteiger partial charge in [-0.15, -0.1) is 11.6 Å². The molecule has 0 N–H and O–H groups in total. The zero-order valence-corrected chi connectivity index (χ0v) is 9.26. The van der Waals surface area contributed by atoms with Gasteiger partial charge in [0.2, 0.25) is 0 Å². The molecule has 0 aromatic heterocycles. The molecule has 78 valence electrons. The molecule has 0 amide bonds. The van der Waals surface area contributed by atoms with Gasteiger partial charge in [0.15, 0.2) is 0 Å². The van der Waals surface area contributed by atoms with Crippen LogP contribution in [0.5, 0.6) is 0 Å². The van der Waals surface area contributed by atoms with Crippen LogP contribution in [-0.2, 0) is 4.84 Å². The number of hydrogen-bond acceptors (Lipinski definition) is 2. The van der Waals surface area contributed by atoms with Gasteiger partial charge in [0.25, 0.3) is 0 Å². The van der Waals surface area contributed by atoms with Crippen molar-refractivity contribution in [2.24, 2.45) is 0 Å². The van der Waals surface area contributed by atoms with Crippen LogP contribution in [-0.4, -0.2) is 17.5 Å². The predicted molar refractivity (Wildman–Crippen MR) is 59.8 cm³/mol. The van der Waals surface area contributed by atoms with Crippen molar-refractivity contribution in [1.82, 2.24) is 5.06 Å². The topological polar surface area (TPSA) is 12.5 Å². The van der Waals surface area contributed by atoms with Gasteiger partial charge in [-0.05, 0) is 19.4 Å². The first-order valence-electron chi connectivity index (χ1n) is 4.75. The molecule has 0 aromatic carbocycles. The van der Waals surface area contributed by atoms with Gasteiger partial charge in [-0.25, -0.2) is 5.06 Å². The maximum absolute atomic E-state index is 5.57. The Morgan fingerprint density at radius 1 is 1.71 bits per heavy atom. The Morgan fingerprint density at radius 3 is 3.07 bits per heavy atom. The molecule has 0 unspecified atom stereocenters. The van der Waals surface area contributed by atoms with Crippen molar-refractivity contribution in [3.05, 3.63) is 36.3 Å². The average Bonchev–Trinajstić information content (AvgIpc) is 2.18. The van der Waals surface area contributed by atoms with Crippen LogP contribution < -0.4 is 0 Å². The molecule has 0 aliphatic carbocycles. The minimum atomic E-state index is 0.650. The molecular formula is C11H16ClNO. The summed E-state index contributed by atoms with van der Waals surface area (Å²) in [6.45, 7) is 6.67. The monoisotopic (exact) mass is 213 g/mol. The summed E-state index contributed by atoms with van der Waals surface area (Å²) < 4.78 is 0. The molecule has 0 spiro atoms. The lowest BCUT2D eigenvalue weighted by molar-refractivity contribution is -0.0701. The van der Waals surface area contributed by atoms with Crippen LogP contribution in [0.3, 0.4) is 0 Å². The summed E-state index contributed by atoms with van der Waals surface area (Å²) in [5, 5.41) is 1.77. The third-order valence-electron chi connectivity index (χ3n) is 1.93. The molecule has 14 heavy (non-hydrogen) atoms. The number of alkyl halides is 1. The van der Waals surface area contributed by atoms with E-state index in [2.05, 4.69) is 19.6 Å². The summed E-state index contributed by atoms with van der Waals surface area (Å²) in [6.07, 6.45) is 7.76. The van der Waals surface area contributed by atoms with E-state index >= 15 is 0 Å². The van der Waals surface area contributed by atoms with E-state index < -0.39 is 0 Å². The predicted octanol–water partition coefficient (Wildman–Crippen LogP) is 3.23. The second kappa shape index (κ2) is 5.76. The Bertz CT molecular complexity index is 258. The van der Waals surface area contributed by atoms with Gasteiger partial charge in [0.1, 0.15) is 5.76 Å². The first-order valence-corrected chi connectivity index (χ1v) is 5.29. The zero-order chi connectivity index (χ0) is 10.4. The molecule has 0 bridgehead atoms. The standard InChI is InChI=1S/C11H16ClNO/c1-10-5-8-13(9-6-10)14-11(2)4-3-7-12/h5-6,8H,2-4,7,9H2,1H3. The highest BCUT2D eigenvalue weighted by Gasteiger charge is 2.04. The summed E-state index contributed by atoms with van der Waals surface area (Å²) in [6, 6.07) is 0. The Labute approximate surface area is 90.4 Å². The highest BCUT2D eigenvalue weighted by molar-refractivity contribution is 6.17. The van der Waals surface area contributed by atoms with E-state index in [-0.39, 0.29) is 0 Å². The first kappa shape index (κ1) is 11.2. The highest BCUT2D eigenvalue weighted by Crippen LogP contribution is 2.12. The van der Waals surface area contributed by atoms with Gasteiger partial charge in [-0.3, -0.25) is 0 Å².